The summed E-state index contributed by atoms with van der Waals surface area (Å²) in [4.78, 5) is 30.5. The van der Waals surface area contributed by atoms with Crippen molar-refractivity contribution < 1.29 is 14.3 Å². The van der Waals surface area contributed by atoms with E-state index in [2.05, 4.69) is 32.3 Å². The summed E-state index contributed by atoms with van der Waals surface area (Å²) in [5, 5.41) is 10.3. The van der Waals surface area contributed by atoms with Crippen molar-refractivity contribution in [3.8, 4) is 0 Å². The number of ether oxygens (including phenoxy) is 1. The molecular weight excluding hydrogens is 262 g/mol. The van der Waals surface area contributed by atoms with Crippen LogP contribution in [-0.4, -0.2) is 35.9 Å². The van der Waals surface area contributed by atoms with E-state index in [-0.39, 0.29) is 17.4 Å². The maximum absolute atomic E-state index is 11.7. The van der Waals surface area contributed by atoms with Gasteiger partial charge in [-0.3, -0.25) is 4.79 Å². The van der Waals surface area contributed by atoms with Gasteiger partial charge in [0.2, 0.25) is 17.4 Å². The summed E-state index contributed by atoms with van der Waals surface area (Å²) in [7, 11) is 0. The molecule has 0 bridgehead atoms. The first kappa shape index (κ1) is 14.2. The van der Waals surface area contributed by atoms with Crippen molar-refractivity contribution in [2.45, 2.75) is 39.0 Å². The summed E-state index contributed by atoms with van der Waals surface area (Å²) in [6.45, 7) is 2.43. The number of fused-ring (bicyclic) bond motifs is 1. The normalized spacial score (nSPS) is 16.4. The number of amidine groups is 2. The van der Waals surface area contributed by atoms with Crippen LogP contribution in [-0.2, 0) is 14.3 Å². The molecule has 0 N–H and O–H groups in total. The van der Waals surface area contributed by atoms with Gasteiger partial charge in [-0.15, -0.1) is 10.2 Å². The van der Waals surface area contributed by atoms with Crippen LogP contribution in [0.4, 0.5) is 0 Å². The lowest BCUT2D eigenvalue weighted by molar-refractivity contribution is -0.136. The third-order valence-electron chi connectivity index (χ3n) is 2.78. The van der Waals surface area contributed by atoms with Crippen LogP contribution >= 0.6 is 0 Å². The Labute approximate surface area is 115 Å². The average Bonchev–Trinajstić information content (AvgIpc) is 2.91. The Morgan fingerprint density at radius 3 is 2.75 bits per heavy atom. The molecule has 2 aliphatic rings. The van der Waals surface area contributed by atoms with Gasteiger partial charge in [-0.1, -0.05) is 32.6 Å². The van der Waals surface area contributed by atoms with Gasteiger partial charge in [-0.25, -0.2) is 4.79 Å². The molecule has 0 aromatic heterocycles. The summed E-state index contributed by atoms with van der Waals surface area (Å²) in [6, 6.07) is 0. The van der Waals surface area contributed by atoms with Crippen LogP contribution in [0.25, 0.3) is 0 Å². The second-order valence-corrected chi connectivity index (χ2v) is 4.36. The number of hydrogen-bond donors (Lipinski definition) is 0. The zero-order valence-corrected chi connectivity index (χ0v) is 11.2. The van der Waals surface area contributed by atoms with Crippen LogP contribution in [0.15, 0.2) is 25.4 Å². The zero-order chi connectivity index (χ0) is 14.4. The van der Waals surface area contributed by atoms with Gasteiger partial charge in [0.1, 0.15) is 0 Å². The highest BCUT2D eigenvalue weighted by Crippen LogP contribution is 2.09. The van der Waals surface area contributed by atoms with Gasteiger partial charge in [-0.05, 0) is 11.6 Å². The molecular formula is C12H15N5O3. The number of esters is 1. The van der Waals surface area contributed by atoms with Gasteiger partial charge in [0.25, 0.3) is 0 Å². The van der Waals surface area contributed by atoms with Gasteiger partial charge < -0.3 is 4.74 Å². The van der Waals surface area contributed by atoms with Crippen molar-refractivity contribution in [2.24, 2.45) is 25.4 Å². The molecule has 2 heterocycles. The van der Waals surface area contributed by atoms with E-state index >= 15 is 0 Å². The highest BCUT2D eigenvalue weighted by atomic mass is 16.5. The summed E-state index contributed by atoms with van der Waals surface area (Å²) in [5.41, 5.74) is -0.0406. The van der Waals surface area contributed by atoms with E-state index in [1.165, 1.54) is 6.42 Å². The van der Waals surface area contributed by atoms with Crippen LogP contribution < -0.4 is 0 Å². The molecule has 8 nitrogen and oxygen atoms in total. The molecule has 0 radical (unpaired) electrons. The van der Waals surface area contributed by atoms with Crippen molar-refractivity contribution in [1.29, 1.82) is 0 Å². The largest absolute Gasteiger partial charge is 0.460 e. The predicted octanol–water partition coefficient (Wildman–Crippen LogP) is 1.66. The van der Waals surface area contributed by atoms with E-state index in [4.69, 9.17) is 4.74 Å². The summed E-state index contributed by atoms with van der Waals surface area (Å²) < 4.78 is 5.02. The van der Waals surface area contributed by atoms with Gasteiger partial charge >= 0.3 is 11.9 Å². The molecule has 2 rings (SSSR count). The Hall–Kier alpha value is -2.25. The number of nitrogens with zero attached hydrogens (tertiary/aromatic N) is 5. The molecule has 1 amide bonds. The Kier molecular flexibility index (Phi) is 4.80. The molecule has 8 heteroatoms. The van der Waals surface area contributed by atoms with E-state index < -0.39 is 11.9 Å². The molecule has 106 valence electrons. The fourth-order valence-electron chi connectivity index (χ4n) is 1.72. The van der Waals surface area contributed by atoms with Crippen molar-refractivity contribution in [1.82, 2.24) is 0 Å². The van der Waals surface area contributed by atoms with Gasteiger partial charge in [-0.2, -0.15) is 9.98 Å². The summed E-state index contributed by atoms with van der Waals surface area (Å²) in [6.07, 6.45) is 5.25. The minimum Gasteiger partial charge on any atom is -0.460 e. The first-order valence-electron chi connectivity index (χ1n) is 6.60. The highest BCUT2D eigenvalue weighted by Gasteiger charge is 2.30. The van der Waals surface area contributed by atoms with Crippen molar-refractivity contribution in [2.75, 3.05) is 6.61 Å². The molecule has 0 aromatic rings. The van der Waals surface area contributed by atoms with Crippen molar-refractivity contribution >= 4 is 29.3 Å². The van der Waals surface area contributed by atoms with E-state index in [1.54, 1.807) is 0 Å². The minimum absolute atomic E-state index is 0.0138. The maximum atomic E-state index is 11.7. The smallest absolute Gasteiger partial charge is 0.376 e. The number of amides is 1. The van der Waals surface area contributed by atoms with Gasteiger partial charge in [0, 0.05) is 0 Å². The van der Waals surface area contributed by atoms with Gasteiger partial charge in [0.05, 0.1) is 6.61 Å². The Bertz CT molecular complexity index is 533. The molecule has 20 heavy (non-hydrogen) atoms. The molecule has 0 aromatic carbocycles. The van der Waals surface area contributed by atoms with E-state index in [9.17, 15) is 9.59 Å². The van der Waals surface area contributed by atoms with Crippen LogP contribution in [0.5, 0.6) is 0 Å². The average molecular weight is 277 g/mol. The van der Waals surface area contributed by atoms with E-state index in [0.29, 0.717) is 6.61 Å². The first-order chi connectivity index (χ1) is 9.72. The first-order valence-corrected chi connectivity index (χ1v) is 6.60. The molecule has 0 unspecified atom stereocenters. The topological polar surface area (TPSA) is 105 Å². The van der Waals surface area contributed by atoms with Crippen molar-refractivity contribution in [3.63, 3.8) is 0 Å². The van der Waals surface area contributed by atoms with Crippen LogP contribution in [0, 0.1) is 0 Å². The SMILES string of the molecule is CCCCCCCOC(=O)C1=NC(=O)C2=NN=NC2=N1. The lowest BCUT2D eigenvalue weighted by Crippen LogP contribution is -2.30. The zero-order valence-electron chi connectivity index (χ0n) is 11.2. The van der Waals surface area contributed by atoms with E-state index in [0.717, 1.165) is 25.7 Å². The third kappa shape index (κ3) is 3.40. The lowest BCUT2D eigenvalue weighted by atomic mass is 10.2. The molecule has 0 saturated heterocycles. The summed E-state index contributed by atoms with van der Waals surface area (Å²) in [5.74, 6) is -1.67. The fraction of sp³-hybridized carbons (Fsp3) is 0.583. The Morgan fingerprint density at radius 2 is 1.95 bits per heavy atom. The molecule has 0 fully saturated rings. The van der Waals surface area contributed by atoms with E-state index in [1.807, 2.05) is 0 Å². The molecule has 0 spiro atoms. The van der Waals surface area contributed by atoms with Gasteiger partial charge in [0.15, 0.2) is 0 Å². The van der Waals surface area contributed by atoms with Crippen LogP contribution in [0.2, 0.25) is 0 Å². The highest BCUT2D eigenvalue weighted by molar-refractivity contribution is 6.71. The quantitative estimate of drug-likeness (QED) is 0.521. The number of unbranched alkanes of at least 4 members (excludes halogenated alkanes) is 4. The molecule has 0 saturated carbocycles. The predicted molar refractivity (Wildman–Crippen MR) is 71.9 cm³/mol. The number of rotatable bonds is 7. The monoisotopic (exact) mass is 277 g/mol. The number of aliphatic imine (C=N–C) groups is 2. The second kappa shape index (κ2) is 6.78. The lowest BCUT2D eigenvalue weighted by Gasteiger charge is -2.07. The molecule has 0 atom stereocenters. The maximum Gasteiger partial charge on any atom is 0.376 e. The molecule has 0 aliphatic carbocycles. The Morgan fingerprint density at radius 1 is 1.15 bits per heavy atom. The fourth-order valence-corrected chi connectivity index (χ4v) is 1.72. The standard InChI is InChI=1S/C12H15N5O3/c1-2-3-4-5-6-7-20-12(19)10-13-9-8(11(18)14-10)15-17-16-9/h2-7H2,1H3. The minimum atomic E-state index is -0.720. The van der Waals surface area contributed by atoms with Crippen LogP contribution in [0.1, 0.15) is 39.0 Å². The number of carbonyl (C=O) groups is 2. The second-order valence-electron chi connectivity index (χ2n) is 4.36. The van der Waals surface area contributed by atoms with Crippen LogP contribution in [0.3, 0.4) is 0 Å². The Balaban J connectivity index is 1.80. The summed E-state index contributed by atoms with van der Waals surface area (Å²) >= 11 is 0. The number of carbonyl (C=O) groups excluding carboxylic acids is 2. The molecule has 2 aliphatic heterocycles. The number of hydrogen-bond acceptors (Lipinski definition) is 7. The third-order valence-corrected chi connectivity index (χ3v) is 2.78. The van der Waals surface area contributed by atoms with Crippen molar-refractivity contribution in [3.05, 3.63) is 0 Å².